The van der Waals surface area contributed by atoms with E-state index in [2.05, 4.69) is 0 Å². The molecule has 1 atom stereocenters. The molecule has 2 heteroatoms. The fraction of sp³-hybridized carbons (Fsp3) is 0.188. The van der Waals surface area contributed by atoms with Gasteiger partial charge in [-0.2, -0.15) is 0 Å². The predicted octanol–water partition coefficient (Wildman–Crippen LogP) is 4.47. The highest BCUT2D eigenvalue weighted by Gasteiger charge is 2.16. The molecule has 0 saturated carbocycles. The molecule has 0 radical (unpaired) electrons. The van der Waals surface area contributed by atoms with Gasteiger partial charge in [-0.1, -0.05) is 48.5 Å². The summed E-state index contributed by atoms with van der Waals surface area (Å²) in [6, 6.07) is 15.8. The van der Waals surface area contributed by atoms with E-state index in [9.17, 15) is 4.79 Å². The Balaban J connectivity index is 2.52. The van der Waals surface area contributed by atoms with Gasteiger partial charge < -0.3 is 0 Å². The zero-order chi connectivity index (χ0) is 13.1. The number of carbonyl (C=O) groups is 1. The van der Waals surface area contributed by atoms with Crippen LogP contribution in [0.5, 0.6) is 0 Å². The van der Waals surface area contributed by atoms with Crippen LogP contribution in [0.2, 0.25) is 0 Å². The SMILES string of the molecule is Cc1c(C(=O)C(C)Cl)cccc1-c1ccccc1. The highest BCUT2D eigenvalue weighted by atomic mass is 35.5. The summed E-state index contributed by atoms with van der Waals surface area (Å²) in [6.45, 7) is 3.67. The van der Waals surface area contributed by atoms with Gasteiger partial charge in [-0.15, -0.1) is 11.6 Å². The number of alkyl halides is 1. The van der Waals surface area contributed by atoms with E-state index in [4.69, 9.17) is 11.6 Å². The van der Waals surface area contributed by atoms with Crippen molar-refractivity contribution in [2.75, 3.05) is 0 Å². The van der Waals surface area contributed by atoms with E-state index >= 15 is 0 Å². The first-order valence-corrected chi connectivity index (χ1v) is 6.38. The molecule has 0 N–H and O–H groups in total. The van der Waals surface area contributed by atoms with E-state index in [0.717, 1.165) is 16.7 Å². The molecule has 0 aliphatic carbocycles. The van der Waals surface area contributed by atoms with E-state index in [1.807, 2.05) is 55.5 Å². The molecule has 2 rings (SSSR count). The minimum Gasteiger partial charge on any atom is -0.293 e. The first kappa shape index (κ1) is 12.8. The lowest BCUT2D eigenvalue weighted by molar-refractivity contribution is 0.0991. The van der Waals surface area contributed by atoms with Gasteiger partial charge in [0, 0.05) is 5.56 Å². The summed E-state index contributed by atoms with van der Waals surface area (Å²) >= 11 is 5.88. The van der Waals surface area contributed by atoms with Gasteiger partial charge in [0.25, 0.3) is 0 Å². The normalized spacial score (nSPS) is 12.2. The van der Waals surface area contributed by atoms with Crippen molar-refractivity contribution >= 4 is 17.4 Å². The van der Waals surface area contributed by atoms with Gasteiger partial charge in [0.05, 0.1) is 5.38 Å². The van der Waals surface area contributed by atoms with Crippen molar-refractivity contribution in [1.29, 1.82) is 0 Å². The molecule has 0 heterocycles. The van der Waals surface area contributed by atoms with Crippen LogP contribution in [0.25, 0.3) is 11.1 Å². The molecular formula is C16H15ClO. The fourth-order valence-corrected chi connectivity index (χ4v) is 2.16. The third-order valence-corrected chi connectivity index (χ3v) is 3.24. The van der Waals surface area contributed by atoms with Crippen molar-refractivity contribution < 1.29 is 4.79 Å². The second-order valence-electron chi connectivity index (χ2n) is 4.32. The molecule has 0 spiro atoms. The van der Waals surface area contributed by atoms with Crippen molar-refractivity contribution in [2.24, 2.45) is 0 Å². The molecule has 0 fully saturated rings. The number of hydrogen-bond donors (Lipinski definition) is 0. The smallest absolute Gasteiger partial charge is 0.180 e. The third kappa shape index (κ3) is 2.46. The first-order valence-electron chi connectivity index (χ1n) is 5.94. The third-order valence-electron chi connectivity index (χ3n) is 3.05. The Bertz CT molecular complexity index is 559. The lowest BCUT2D eigenvalue weighted by Gasteiger charge is -2.11. The Labute approximate surface area is 112 Å². The summed E-state index contributed by atoms with van der Waals surface area (Å²) in [5.74, 6) is -0.0213. The number of rotatable bonds is 3. The van der Waals surface area contributed by atoms with Gasteiger partial charge in [-0.25, -0.2) is 0 Å². The van der Waals surface area contributed by atoms with Gasteiger partial charge in [0.15, 0.2) is 5.78 Å². The van der Waals surface area contributed by atoms with Crippen molar-refractivity contribution in [3.8, 4) is 11.1 Å². The van der Waals surface area contributed by atoms with Gasteiger partial charge >= 0.3 is 0 Å². The van der Waals surface area contributed by atoms with Crippen LogP contribution in [0.15, 0.2) is 48.5 Å². The van der Waals surface area contributed by atoms with E-state index in [1.165, 1.54) is 0 Å². The number of ketones is 1. The maximum atomic E-state index is 12.0. The van der Waals surface area contributed by atoms with E-state index in [1.54, 1.807) is 6.92 Å². The molecule has 0 amide bonds. The summed E-state index contributed by atoms with van der Waals surface area (Å²) in [5, 5.41) is -0.491. The summed E-state index contributed by atoms with van der Waals surface area (Å²) in [7, 11) is 0. The van der Waals surface area contributed by atoms with Gasteiger partial charge in [-0.3, -0.25) is 4.79 Å². The Morgan fingerprint density at radius 2 is 1.72 bits per heavy atom. The Kier molecular flexibility index (Phi) is 3.83. The maximum absolute atomic E-state index is 12.0. The highest BCUT2D eigenvalue weighted by Crippen LogP contribution is 2.26. The highest BCUT2D eigenvalue weighted by molar-refractivity contribution is 6.33. The molecule has 0 saturated heterocycles. The summed E-state index contributed by atoms with van der Waals surface area (Å²) in [6.07, 6.45) is 0. The van der Waals surface area contributed by atoms with Crippen LogP contribution in [0.1, 0.15) is 22.8 Å². The summed E-state index contributed by atoms with van der Waals surface area (Å²) in [4.78, 5) is 12.0. The zero-order valence-corrected chi connectivity index (χ0v) is 11.2. The molecule has 1 nitrogen and oxygen atoms in total. The largest absolute Gasteiger partial charge is 0.293 e. The summed E-state index contributed by atoms with van der Waals surface area (Å²) in [5.41, 5.74) is 3.89. The van der Waals surface area contributed by atoms with Crippen LogP contribution < -0.4 is 0 Å². The minimum absolute atomic E-state index is 0.0213. The first-order chi connectivity index (χ1) is 8.61. The molecular weight excluding hydrogens is 244 g/mol. The van der Waals surface area contributed by atoms with Gasteiger partial charge in [0.1, 0.15) is 0 Å². The molecule has 0 bridgehead atoms. The predicted molar refractivity (Wildman–Crippen MR) is 76.3 cm³/mol. The molecule has 92 valence electrons. The van der Waals surface area contributed by atoms with Crippen LogP contribution in [0, 0.1) is 6.92 Å². The Morgan fingerprint density at radius 1 is 1.06 bits per heavy atom. The topological polar surface area (TPSA) is 17.1 Å². The van der Waals surface area contributed by atoms with E-state index in [-0.39, 0.29) is 5.78 Å². The fourth-order valence-electron chi connectivity index (χ4n) is 2.05. The van der Waals surface area contributed by atoms with Crippen LogP contribution in [0.3, 0.4) is 0 Å². The standard InChI is InChI=1S/C16H15ClO/c1-11-14(13-7-4-3-5-8-13)9-6-10-15(11)16(18)12(2)17/h3-10,12H,1-2H3. The number of halogens is 1. The lowest BCUT2D eigenvalue weighted by atomic mass is 9.94. The number of carbonyl (C=O) groups excluding carboxylic acids is 1. The Hall–Kier alpha value is -1.60. The lowest BCUT2D eigenvalue weighted by Crippen LogP contribution is -2.12. The quantitative estimate of drug-likeness (QED) is 0.586. The second kappa shape index (κ2) is 5.36. The molecule has 18 heavy (non-hydrogen) atoms. The van der Waals surface area contributed by atoms with Gasteiger partial charge in [-0.05, 0) is 30.5 Å². The van der Waals surface area contributed by atoms with Crippen molar-refractivity contribution in [3.63, 3.8) is 0 Å². The minimum atomic E-state index is -0.491. The van der Waals surface area contributed by atoms with Gasteiger partial charge in [0.2, 0.25) is 0 Å². The average Bonchev–Trinajstić information content (AvgIpc) is 2.39. The maximum Gasteiger partial charge on any atom is 0.180 e. The number of hydrogen-bond acceptors (Lipinski definition) is 1. The Morgan fingerprint density at radius 3 is 2.33 bits per heavy atom. The average molecular weight is 259 g/mol. The monoisotopic (exact) mass is 258 g/mol. The summed E-state index contributed by atoms with van der Waals surface area (Å²) < 4.78 is 0. The molecule has 2 aromatic carbocycles. The molecule has 1 unspecified atom stereocenters. The second-order valence-corrected chi connectivity index (χ2v) is 4.98. The van der Waals surface area contributed by atoms with Crippen molar-refractivity contribution in [3.05, 3.63) is 59.7 Å². The van der Waals surface area contributed by atoms with Crippen molar-refractivity contribution in [1.82, 2.24) is 0 Å². The van der Waals surface area contributed by atoms with Crippen LogP contribution in [-0.4, -0.2) is 11.2 Å². The molecule has 2 aromatic rings. The van der Waals surface area contributed by atoms with Crippen LogP contribution >= 0.6 is 11.6 Å². The van der Waals surface area contributed by atoms with E-state index < -0.39 is 5.38 Å². The van der Waals surface area contributed by atoms with Crippen LogP contribution in [0.4, 0.5) is 0 Å². The number of Topliss-reactive ketones (excluding diaryl/α,β-unsaturated/α-hetero) is 1. The van der Waals surface area contributed by atoms with Crippen molar-refractivity contribution in [2.45, 2.75) is 19.2 Å². The van der Waals surface area contributed by atoms with E-state index in [0.29, 0.717) is 5.56 Å². The zero-order valence-electron chi connectivity index (χ0n) is 10.5. The number of benzene rings is 2. The molecule has 0 aliphatic rings. The molecule has 0 aromatic heterocycles. The van der Waals surface area contributed by atoms with Crippen LogP contribution in [-0.2, 0) is 0 Å². The molecule has 0 aliphatic heterocycles.